The Morgan fingerprint density at radius 1 is 1.06 bits per heavy atom. The first-order valence-corrected chi connectivity index (χ1v) is 11.8. The lowest BCUT2D eigenvalue weighted by Crippen LogP contribution is -2.17. The number of ether oxygens (including phenoxy) is 2. The largest absolute Gasteiger partial charge is 0.494 e. The molecular formula is C23H21F2N3O5S. The normalized spacial score (nSPS) is 11.6. The van der Waals surface area contributed by atoms with Crippen molar-refractivity contribution in [3.05, 3.63) is 70.8 Å². The summed E-state index contributed by atoms with van der Waals surface area (Å²) in [6, 6.07) is 7.45. The predicted octanol–water partition coefficient (Wildman–Crippen LogP) is 4.37. The third-order valence-corrected chi connectivity index (χ3v) is 6.54. The van der Waals surface area contributed by atoms with Gasteiger partial charge in [0.15, 0.2) is 11.6 Å². The predicted molar refractivity (Wildman–Crippen MR) is 125 cm³/mol. The van der Waals surface area contributed by atoms with Gasteiger partial charge in [0.2, 0.25) is 10.0 Å². The summed E-state index contributed by atoms with van der Waals surface area (Å²) in [5, 5.41) is 0.544. The Balaban J connectivity index is 2.00. The van der Waals surface area contributed by atoms with Gasteiger partial charge in [-0.2, -0.15) is 0 Å². The molecule has 0 amide bonds. The summed E-state index contributed by atoms with van der Waals surface area (Å²) in [5.41, 5.74) is 1.04. The standard InChI is InChI=1S/C23H21F2N3O5S/c1-4-34(30,31)27-18-10-15(16-12-28(2)23(29)22-14(16)7-8-26-22)20(11-21(18)32-3)33-19-6-5-13(24)9-17(19)25/h5-12,26-27H,4H2,1-3H3. The summed E-state index contributed by atoms with van der Waals surface area (Å²) in [7, 11) is -0.757. The fourth-order valence-electron chi connectivity index (χ4n) is 3.50. The second-order valence-corrected chi connectivity index (χ2v) is 9.47. The minimum absolute atomic E-state index is 0.1000. The number of nitrogens with zero attached hydrogens (tertiary/aromatic N) is 1. The van der Waals surface area contributed by atoms with Crippen molar-refractivity contribution in [3.8, 4) is 28.4 Å². The van der Waals surface area contributed by atoms with Crippen LogP contribution >= 0.6 is 0 Å². The van der Waals surface area contributed by atoms with Crippen molar-refractivity contribution in [2.75, 3.05) is 17.6 Å². The van der Waals surface area contributed by atoms with E-state index in [1.807, 2.05) is 0 Å². The van der Waals surface area contributed by atoms with Gasteiger partial charge in [-0.3, -0.25) is 9.52 Å². The van der Waals surface area contributed by atoms with Crippen LogP contribution in [0, 0.1) is 11.6 Å². The fourth-order valence-corrected chi connectivity index (χ4v) is 4.14. The molecule has 0 radical (unpaired) electrons. The number of rotatable bonds is 7. The molecule has 0 aliphatic heterocycles. The molecule has 0 aliphatic rings. The van der Waals surface area contributed by atoms with Crippen molar-refractivity contribution in [1.82, 2.24) is 9.55 Å². The van der Waals surface area contributed by atoms with Crippen LogP contribution in [0.15, 0.2) is 53.6 Å². The molecule has 11 heteroatoms. The van der Waals surface area contributed by atoms with Crippen LogP contribution in [0.3, 0.4) is 0 Å². The molecule has 0 aliphatic carbocycles. The van der Waals surface area contributed by atoms with Gasteiger partial charge in [-0.15, -0.1) is 0 Å². The zero-order valence-corrected chi connectivity index (χ0v) is 19.3. The average molecular weight is 490 g/mol. The Kier molecular flexibility index (Phi) is 6.05. The van der Waals surface area contributed by atoms with Crippen LogP contribution in [0.25, 0.3) is 22.0 Å². The number of anilines is 1. The van der Waals surface area contributed by atoms with Crippen LogP contribution in [0.1, 0.15) is 6.92 Å². The van der Waals surface area contributed by atoms with Crippen molar-refractivity contribution in [3.63, 3.8) is 0 Å². The van der Waals surface area contributed by atoms with E-state index in [0.29, 0.717) is 28.1 Å². The Bertz CT molecular complexity index is 1560. The molecule has 0 saturated heterocycles. The van der Waals surface area contributed by atoms with Gasteiger partial charge >= 0.3 is 0 Å². The first kappa shape index (κ1) is 23.3. The van der Waals surface area contributed by atoms with E-state index in [2.05, 4.69) is 9.71 Å². The lowest BCUT2D eigenvalue weighted by atomic mass is 10.0. The number of halogens is 2. The molecule has 2 N–H and O–H groups in total. The molecule has 2 aromatic carbocycles. The Morgan fingerprint density at radius 3 is 2.50 bits per heavy atom. The topological polar surface area (TPSA) is 102 Å². The van der Waals surface area contributed by atoms with E-state index >= 15 is 0 Å². The maximum absolute atomic E-state index is 14.4. The molecule has 4 aromatic rings. The number of aryl methyl sites for hydroxylation is 1. The van der Waals surface area contributed by atoms with Crippen LogP contribution in [0.4, 0.5) is 14.5 Å². The first-order valence-electron chi connectivity index (χ1n) is 10.2. The van der Waals surface area contributed by atoms with E-state index in [1.54, 1.807) is 25.5 Å². The van der Waals surface area contributed by atoms with Gasteiger partial charge in [0.25, 0.3) is 5.56 Å². The van der Waals surface area contributed by atoms with Crippen LogP contribution in [0.2, 0.25) is 0 Å². The summed E-state index contributed by atoms with van der Waals surface area (Å²) in [5.74, 6) is -1.89. The molecule has 178 valence electrons. The van der Waals surface area contributed by atoms with E-state index in [9.17, 15) is 22.0 Å². The van der Waals surface area contributed by atoms with Crippen LogP contribution in [-0.4, -0.2) is 30.8 Å². The molecule has 2 aromatic heterocycles. The highest BCUT2D eigenvalue weighted by Crippen LogP contribution is 2.43. The Morgan fingerprint density at radius 2 is 1.82 bits per heavy atom. The third-order valence-electron chi connectivity index (χ3n) is 5.25. The maximum Gasteiger partial charge on any atom is 0.274 e. The second kappa shape index (κ2) is 8.82. The molecule has 0 atom stereocenters. The van der Waals surface area contributed by atoms with Crippen molar-refractivity contribution >= 4 is 26.6 Å². The molecule has 0 spiro atoms. The van der Waals surface area contributed by atoms with Gasteiger partial charge < -0.3 is 19.0 Å². The van der Waals surface area contributed by atoms with E-state index in [4.69, 9.17) is 9.47 Å². The zero-order valence-electron chi connectivity index (χ0n) is 18.5. The SMILES string of the molecule is CCS(=O)(=O)Nc1cc(-c2cn(C)c(=O)c3[nH]ccc23)c(Oc2ccc(F)cc2F)cc1OC. The summed E-state index contributed by atoms with van der Waals surface area (Å²) in [6.07, 6.45) is 3.16. The summed E-state index contributed by atoms with van der Waals surface area (Å²) in [4.78, 5) is 15.4. The number of fused-ring (bicyclic) bond motifs is 1. The van der Waals surface area contributed by atoms with Gasteiger partial charge in [0.1, 0.15) is 22.8 Å². The molecule has 4 rings (SSSR count). The highest BCUT2D eigenvalue weighted by Gasteiger charge is 2.21. The minimum atomic E-state index is -3.67. The average Bonchev–Trinajstić information content (AvgIpc) is 3.29. The summed E-state index contributed by atoms with van der Waals surface area (Å²) < 4.78 is 67.3. The van der Waals surface area contributed by atoms with Crippen LogP contribution < -0.4 is 19.8 Å². The van der Waals surface area contributed by atoms with Gasteiger partial charge in [-0.1, -0.05) is 0 Å². The van der Waals surface area contributed by atoms with Crippen LogP contribution in [0.5, 0.6) is 17.2 Å². The van der Waals surface area contributed by atoms with Gasteiger partial charge in [0, 0.05) is 48.1 Å². The van der Waals surface area contributed by atoms with E-state index in [1.165, 1.54) is 30.7 Å². The summed E-state index contributed by atoms with van der Waals surface area (Å²) >= 11 is 0. The second-order valence-electron chi connectivity index (χ2n) is 7.46. The van der Waals surface area contributed by atoms with E-state index < -0.39 is 21.7 Å². The van der Waals surface area contributed by atoms with Gasteiger partial charge in [-0.05, 0) is 31.2 Å². The van der Waals surface area contributed by atoms with Crippen molar-refractivity contribution in [1.29, 1.82) is 0 Å². The Hall–Kier alpha value is -3.86. The Labute approximate surface area is 193 Å². The molecule has 2 heterocycles. The number of hydrogen-bond donors (Lipinski definition) is 2. The number of nitrogens with one attached hydrogen (secondary N) is 2. The van der Waals surface area contributed by atoms with E-state index in [0.717, 1.165) is 12.1 Å². The van der Waals surface area contributed by atoms with Crippen molar-refractivity contribution in [2.24, 2.45) is 7.05 Å². The van der Waals surface area contributed by atoms with Gasteiger partial charge in [0.05, 0.1) is 18.6 Å². The van der Waals surface area contributed by atoms with Gasteiger partial charge in [-0.25, -0.2) is 17.2 Å². The highest BCUT2D eigenvalue weighted by atomic mass is 32.2. The fraction of sp³-hybridized carbons (Fsp3) is 0.174. The highest BCUT2D eigenvalue weighted by molar-refractivity contribution is 7.92. The minimum Gasteiger partial charge on any atom is -0.494 e. The maximum atomic E-state index is 14.4. The number of pyridine rings is 1. The molecule has 0 saturated carbocycles. The number of methoxy groups -OCH3 is 1. The smallest absolute Gasteiger partial charge is 0.274 e. The molecule has 8 nitrogen and oxygen atoms in total. The number of sulfonamides is 1. The molecule has 0 bridgehead atoms. The summed E-state index contributed by atoms with van der Waals surface area (Å²) in [6.45, 7) is 1.49. The van der Waals surface area contributed by atoms with Crippen molar-refractivity contribution in [2.45, 2.75) is 6.92 Å². The molecular weight excluding hydrogens is 468 g/mol. The monoisotopic (exact) mass is 489 g/mol. The number of aromatic amines is 1. The lowest BCUT2D eigenvalue weighted by Gasteiger charge is -2.18. The van der Waals surface area contributed by atoms with E-state index in [-0.39, 0.29) is 34.2 Å². The van der Waals surface area contributed by atoms with Crippen LogP contribution in [-0.2, 0) is 17.1 Å². The quantitative estimate of drug-likeness (QED) is 0.401. The first-order chi connectivity index (χ1) is 16.1. The van der Waals surface area contributed by atoms with Crippen molar-refractivity contribution < 1.29 is 26.7 Å². The number of aromatic nitrogens is 2. The molecule has 0 fully saturated rings. The number of H-pyrrole nitrogens is 1. The zero-order chi connectivity index (χ0) is 24.6. The lowest BCUT2D eigenvalue weighted by molar-refractivity contribution is 0.407. The number of hydrogen-bond acceptors (Lipinski definition) is 5. The molecule has 34 heavy (non-hydrogen) atoms. The number of benzene rings is 2. The third kappa shape index (κ3) is 4.34. The molecule has 0 unspecified atom stereocenters.